The molecule has 0 saturated heterocycles. The molecule has 1 aromatic carbocycles. The summed E-state index contributed by atoms with van der Waals surface area (Å²) in [5.41, 5.74) is 2.78. The first-order valence-corrected chi connectivity index (χ1v) is 8.88. The van der Waals surface area contributed by atoms with Crippen molar-refractivity contribution in [3.05, 3.63) is 57.6 Å². The third kappa shape index (κ3) is 3.69. The highest BCUT2D eigenvalue weighted by atomic mass is 35.5. The molecule has 3 aromatic rings. The van der Waals surface area contributed by atoms with E-state index in [9.17, 15) is 10.1 Å². The van der Waals surface area contributed by atoms with Crippen LogP contribution < -0.4 is 10.1 Å². The SMILES string of the molecule is COc1cc(Cl)c(C)cc1NC(=O)C(C#N)=Cc1cnc2ccsc2c1. The fourth-order valence-corrected chi connectivity index (χ4v) is 3.32. The number of hydrogen-bond donors (Lipinski definition) is 1. The number of ether oxygens (including phenoxy) is 1. The van der Waals surface area contributed by atoms with E-state index in [-0.39, 0.29) is 5.57 Å². The number of carbonyl (C=O) groups is 1. The molecule has 3 rings (SSSR count). The molecule has 0 aliphatic rings. The number of hydrogen-bond acceptors (Lipinski definition) is 5. The topological polar surface area (TPSA) is 75.0 Å². The third-order valence-corrected chi connectivity index (χ3v) is 4.99. The van der Waals surface area contributed by atoms with Gasteiger partial charge in [0, 0.05) is 17.3 Å². The number of nitrogens with zero attached hydrogens (tertiary/aromatic N) is 2. The Kier molecular flexibility index (Phi) is 5.21. The molecule has 0 radical (unpaired) electrons. The van der Waals surface area contributed by atoms with Gasteiger partial charge in [0.15, 0.2) is 0 Å². The number of pyridine rings is 1. The van der Waals surface area contributed by atoms with Gasteiger partial charge in [0.2, 0.25) is 0 Å². The standard InChI is InChI=1S/C19H14ClN3O2S/c1-11-5-16(17(25-2)8-14(11)20)23-19(24)13(9-21)6-12-7-18-15(22-10-12)3-4-26-18/h3-8,10H,1-2H3,(H,23,24). The Morgan fingerprint density at radius 3 is 2.96 bits per heavy atom. The van der Waals surface area contributed by atoms with Crippen LogP contribution in [-0.2, 0) is 4.79 Å². The lowest BCUT2D eigenvalue weighted by molar-refractivity contribution is -0.112. The number of anilines is 1. The Balaban J connectivity index is 1.90. The second-order valence-electron chi connectivity index (χ2n) is 5.50. The van der Waals surface area contributed by atoms with Gasteiger partial charge in [-0.15, -0.1) is 11.3 Å². The Morgan fingerprint density at radius 1 is 1.42 bits per heavy atom. The van der Waals surface area contributed by atoms with Gasteiger partial charge in [0.1, 0.15) is 17.4 Å². The van der Waals surface area contributed by atoms with Crippen molar-refractivity contribution in [3.8, 4) is 11.8 Å². The van der Waals surface area contributed by atoms with E-state index in [1.54, 1.807) is 29.7 Å². The summed E-state index contributed by atoms with van der Waals surface area (Å²) in [6.07, 6.45) is 3.14. The van der Waals surface area contributed by atoms with Crippen LogP contribution >= 0.6 is 22.9 Å². The van der Waals surface area contributed by atoms with Crippen molar-refractivity contribution >= 4 is 50.8 Å². The van der Waals surface area contributed by atoms with Crippen LogP contribution in [0.15, 0.2) is 41.4 Å². The Labute approximate surface area is 159 Å². The largest absolute Gasteiger partial charge is 0.495 e. The Hall–Kier alpha value is -2.88. The first kappa shape index (κ1) is 17.9. The van der Waals surface area contributed by atoms with E-state index in [0.29, 0.717) is 22.0 Å². The summed E-state index contributed by atoms with van der Waals surface area (Å²) in [6, 6.07) is 9.07. The number of aromatic nitrogens is 1. The first-order valence-electron chi connectivity index (χ1n) is 7.62. The van der Waals surface area contributed by atoms with Gasteiger partial charge in [-0.25, -0.2) is 0 Å². The summed E-state index contributed by atoms with van der Waals surface area (Å²) < 4.78 is 6.23. The average Bonchev–Trinajstić information content (AvgIpc) is 3.10. The summed E-state index contributed by atoms with van der Waals surface area (Å²) >= 11 is 7.63. The molecule has 2 heterocycles. The minimum Gasteiger partial charge on any atom is -0.495 e. The maximum absolute atomic E-state index is 12.5. The smallest absolute Gasteiger partial charge is 0.266 e. The highest BCUT2D eigenvalue weighted by molar-refractivity contribution is 7.17. The number of amides is 1. The summed E-state index contributed by atoms with van der Waals surface area (Å²) in [7, 11) is 1.49. The lowest BCUT2D eigenvalue weighted by Gasteiger charge is -2.12. The Bertz CT molecular complexity index is 1070. The van der Waals surface area contributed by atoms with Gasteiger partial charge in [-0.05, 0) is 47.7 Å². The molecule has 7 heteroatoms. The van der Waals surface area contributed by atoms with Crippen molar-refractivity contribution in [1.82, 2.24) is 4.98 Å². The lowest BCUT2D eigenvalue weighted by atomic mass is 10.1. The number of fused-ring (bicyclic) bond motifs is 1. The molecule has 5 nitrogen and oxygen atoms in total. The van der Waals surface area contributed by atoms with Crippen molar-refractivity contribution in [1.29, 1.82) is 5.26 Å². The zero-order valence-corrected chi connectivity index (χ0v) is 15.6. The van der Waals surface area contributed by atoms with Crippen molar-refractivity contribution in [3.63, 3.8) is 0 Å². The van der Waals surface area contributed by atoms with Crippen molar-refractivity contribution in [2.24, 2.45) is 0 Å². The summed E-state index contributed by atoms with van der Waals surface area (Å²) in [5, 5.41) is 14.6. The van der Waals surface area contributed by atoms with E-state index in [1.165, 1.54) is 13.2 Å². The van der Waals surface area contributed by atoms with Gasteiger partial charge >= 0.3 is 0 Å². The zero-order chi connectivity index (χ0) is 18.7. The molecule has 0 saturated carbocycles. The molecular weight excluding hydrogens is 370 g/mol. The predicted octanol–water partition coefficient (Wildman–Crippen LogP) is 4.81. The number of carbonyl (C=O) groups excluding carboxylic acids is 1. The molecule has 2 aromatic heterocycles. The number of aryl methyl sites for hydroxylation is 1. The molecule has 26 heavy (non-hydrogen) atoms. The van der Waals surface area contributed by atoms with E-state index >= 15 is 0 Å². The lowest BCUT2D eigenvalue weighted by Crippen LogP contribution is -2.14. The molecule has 130 valence electrons. The van der Waals surface area contributed by atoms with E-state index in [1.807, 2.05) is 30.5 Å². The van der Waals surface area contributed by atoms with E-state index in [2.05, 4.69) is 10.3 Å². The predicted molar refractivity (Wildman–Crippen MR) is 105 cm³/mol. The van der Waals surface area contributed by atoms with Crippen LogP contribution in [0.5, 0.6) is 5.75 Å². The molecule has 0 unspecified atom stereocenters. The Morgan fingerprint density at radius 2 is 2.23 bits per heavy atom. The molecule has 1 amide bonds. The summed E-state index contributed by atoms with van der Waals surface area (Å²) in [5.74, 6) is -0.105. The van der Waals surface area contributed by atoms with Gasteiger partial charge < -0.3 is 10.1 Å². The summed E-state index contributed by atoms with van der Waals surface area (Å²) in [4.78, 5) is 16.8. The number of halogens is 1. The van der Waals surface area contributed by atoms with Crippen molar-refractivity contribution in [2.45, 2.75) is 6.92 Å². The van der Waals surface area contributed by atoms with Gasteiger partial charge in [0.25, 0.3) is 5.91 Å². The van der Waals surface area contributed by atoms with E-state index in [0.717, 1.165) is 15.8 Å². The van der Waals surface area contributed by atoms with Crippen LogP contribution in [0.2, 0.25) is 5.02 Å². The van der Waals surface area contributed by atoms with E-state index < -0.39 is 5.91 Å². The molecular formula is C19H14ClN3O2S. The number of benzene rings is 1. The minimum absolute atomic E-state index is 0.0302. The van der Waals surface area contributed by atoms with Crippen LogP contribution in [0.3, 0.4) is 0 Å². The number of nitriles is 1. The summed E-state index contributed by atoms with van der Waals surface area (Å²) in [6.45, 7) is 1.82. The van der Waals surface area contributed by atoms with Gasteiger partial charge in [-0.2, -0.15) is 5.26 Å². The second-order valence-corrected chi connectivity index (χ2v) is 6.85. The highest BCUT2D eigenvalue weighted by Crippen LogP contribution is 2.31. The molecule has 1 N–H and O–H groups in total. The van der Waals surface area contributed by atoms with Crippen LogP contribution in [0.25, 0.3) is 16.3 Å². The van der Waals surface area contributed by atoms with Gasteiger partial charge in [-0.1, -0.05) is 11.6 Å². The number of nitrogens with one attached hydrogen (secondary N) is 1. The minimum atomic E-state index is -0.529. The van der Waals surface area contributed by atoms with Crippen LogP contribution in [0.1, 0.15) is 11.1 Å². The number of methoxy groups -OCH3 is 1. The third-order valence-electron chi connectivity index (χ3n) is 3.73. The van der Waals surface area contributed by atoms with E-state index in [4.69, 9.17) is 16.3 Å². The quantitative estimate of drug-likeness (QED) is 0.518. The molecule has 0 fully saturated rings. The van der Waals surface area contributed by atoms with Crippen LogP contribution in [-0.4, -0.2) is 18.0 Å². The van der Waals surface area contributed by atoms with Crippen LogP contribution in [0, 0.1) is 18.3 Å². The highest BCUT2D eigenvalue weighted by Gasteiger charge is 2.14. The molecule has 0 aliphatic heterocycles. The molecule has 0 aliphatic carbocycles. The normalized spacial score (nSPS) is 11.2. The average molecular weight is 384 g/mol. The van der Waals surface area contributed by atoms with Gasteiger partial charge in [0.05, 0.1) is 23.0 Å². The second kappa shape index (κ2) is 7.56. The van der Waals surface area contributed by atoms with Gasteiger partial charge in [-0.3, -0.25) is 9.78 Å². The first-order chi connectivity index (χ1) is 12.5. The maximum atomic E-state index is 12.5. The molecule has 0 bridgehead atoms. The maximum Gasteiger partial charge on any atom is 0.266 e. The monoisotopic (exact) mass is 383 g/mol. The zero-order valence-electron chi connectivity index (χ0n) is 14.0. The van der Waals surface area contributed by atoms with Crippen molar-refractivity contribution in [2.75, 3.05) is 12.4 Å². The van der Waals surface area contributed by atoms with Crippen molar-refractivity contribution < 1.29 is 9.53 Å². The fraction of sp³-hybridized carbons (Fsp3) is 0.105. The molecule has 0 atom stereocenters. The molecule has 0 spiro atoms. The number of rotatable bonds is 4. The number of thiophene rings is 1. The van der Waals surface area contributed by atoms with Crippen LogP contribution in [0.4, 0.5) is 5.69 Å². The fourth-order valence-electron chi connectivity index (χ4n) is 2.38.